The van der Waals surface area contributed by atoms with E-state index in [0.717, 1.165) is 18.4 Å². The maximum Gasteiger partial charge on any atom is 0.0782 e. The number of thiocarbonyl (C=S) groups is 1. The van der Waals surface area contributed by atoms with Crippen LogP contribution in [0.25, 0.3) is 0 Å². The first-order valence-electron chi connectivity index (χ1n) is 5.96. The highest BCUT2D eigenvalue weighted by molar-refractivity contribution is 7.80. The van der Waals surface area contributed by atoms with Gasteiger partial charge < -0.3 is 4.90 Å². The molecule has 0 amide bonds. The summed E-state index contributed by atoms with van der Waals surface area (Å²) in [6.07, 6.45) is 7.78. The molecule has 0 bridgehead atoms. The van der Waals surface area contributed by atoms with Crippen LogP contribution in [-0.2, 0) is 0 Å². The topological polar surface area (TPSA) is 3.24 Å². The average Bonchev–Trinajstić information content (AvgIpc) is 2.42. The molecule has 14 heavy (non-hydrogen) atoms. The van der Waals surface area contributed by atoms with Crippen LogP contribution >= 0.6 is 12.2 Å². The fraction of sp³-hybridized carbons (Fsp3) is 0.917. The zero-order chi connectivity index (χ0) is 10.6. The molecule has 0 aromatic carbocycles. The zero-order valence-corrected chi connectivity index (χ0v) is 10.6. The van der Waals surface area contributed by atoms with Crippen LogP contribution in [-0.4, -0.2) is 23.0 Å². The number of rotatable bonds is 5. The molecule has 2 unspecified atom stereocenters. The van der Waals surface area contributed by atoms with E-state index in [2.05, 4.69) is 25.8 Å². The third kappa shape index (κ3) is 2.69. The minimum Gasteiger partial charge on any atom is -0.366 e. The maximum atomic E-state index is 5.39. The molecule has 0 saturated carbocycles. The molecule has 82 valence electrons. The van der Waals surface area contributed by atoms with Crippen molar-refractivity contribution in [3.8, 4) is 0 Å². The summed E-state index contributed by atoms with van der Waals surface area (Å²) in [5.41, 5.74) is 0. The number of nitrogens with zero attached hydrogens (tertiary/aromatic N) is 1. The maximum absolute atomic E-state index is 5.39. The molecule has 1 heterocycles. The molecule has 1 aliphatic heterocycles. The standard InChI is InChI=1S/C12H23NS/c1-4-6-8-11-10(7-5-2)9-12(14)13(11)3/h10-11H,4-9H2,1-3H3. The van der Waals surface area contributed by atoms with Gasteiger partial charge in [0.25, 0.3) is 0 Å². The molecular formula is C12H23NS. The van der Waals surface area contributed by atoms with E-state index < -0.39 is 0 Å². The summed E-state index contributed by atoms with van der Waals surface area (Å²) in [5, 5.41) is 0. The van der Waals surface area contributed by atoms with Gasteiger partial charge in [0.1, 0.15) is 0 Å². The molecular weight excluding hydrogens is 190 g/mol. The summed E-state index contributed by atoms with van der Waals surface area (Å²) in [5.74, 6) is 0.837. The lowest BCUT2D eigenvalue weighted by molar-refractivity contribution is 0.279. The summed E-state index contributed by atoms with van der Waals surface area (Å²) in [7, 11) is 2.18. The van der Waals surface area contributed by atoms with Crippen LogP contribution in [0.3, 0.4) is 0 Å². The Morgan fingerprint density at radius 2 is 2.00 bits per heavy atom. The van der Waals surface area contributed by atoms with Crippen molar-refractivity contribution in [2.75, 3.05) is 7.05 Å². The Balaban J connectivity index is 2.51. The van der Waals surface area contributed by atoms with Gasteiger partial charge in [-0.3, -0.25) is 0 Å². The van der Waals surface area contributed by atoms with Gasteiger partial charge in [0.05, 0.1) is 4.99 Å². The summed E-state index contributed by atoms with van der Waals surface area (Å²) in [6.45, 7) is 4.54. The predicted octanol–water partition coefficient (Wildman–Crippen LogP) is 3.62. The normalized spacial score (nSPS) is 27.4. The second kappa shape index (κ2) is 5.69. The molecule has 0 aliphatic carbocycles. The van der Waals surface area contributed by atoms with Gasteiger partial charge in [0.15, 0.2) is 0 Å². The van der Waals surface area contributed by atoms with Crippen molar-refractivity contribution >= 4 is 17.2 Å². The van der Waals surface area contributed by atoms with Crippen molar-refractivity contribution in [2.24, 2.45) is 5.92 Å². The fourth-order valence-corrected chi connectivity index (χ4v) is 2.86. The van der Waals surface area contributed by atoms with Crippen LogP contribution in [0.2, 0.25) is 0 Å². The van der Waals surface area contributed by atoms with Crippen LogP contribution in [0.4, 0.5) is 0 Å². The Morgan fingerprint density at radius 3 is 2.57 bits per heavy atom. The van der Waals surface area contributed by atoms with Gasteiger partial charge in [-0.25, -0.2) is 0 Å². The minimum atomic E-state index is 0.738. The van der Waals surface area contributed by atoms with Crippen molar-refractivity contribution < 1.29 is 0 Å². The lowest BCUT2D eigenvalue weighted by Gasteiger charge is -2.25. The summed E-state index contributed by atoms with van der Waals surface area (Å²) < 4.78 is 0. The smallest absolute Gasteiger partial charge is 0.0782 e. The van der Waals surface area contributed by atoms with Crippen molar-refractivity contribution in [2.45, 2.75) is 58.4 Å². The molecule has 0 aromatic rings. The van der Waals surface area contributed by atoms with Gasteiger partial charge in [0, 0.05) is 19.5 Å². The van der Waals surface area contributed by atoms with Crippen LogP contribution in [0.5, 0.6) is 0 Å². The Hall–Kier alpha value is -0.110. The molecule has 1 saturated heterocycles. The second-order valence-corrected chi connectivity index (χ2v) is 4.94. The van der Waals surface area contributed by atoms with Gasteiger partial charge >= 0.3 is 0 Å². The van der Waals surface area contributed by atoms with Gasteiger partial charge in [-0.05, 0) is 18.8 Å². The first-order chi connectivity index (χ1) is 6.70. The lowest BCUT2D eigenvalue weighted by atomic mass is 9.92. The fourth-order valence-electron chi connectivity index (χ4n) is 2.51. The zero-order valence-electron chi connectivity index (χ0n) is 9.75. The highest BCUT2D eigenvalue weighted by Gasteiger charge is 2.33. The Morgan fingerprint density at radius 1 is 1.29 bits per heavy atom. The van der Waals surface area contributed by atoms with Crippen LogP contribution < -0.4 is 0 Å². The van der Waals surface area contributed by atoms with Crippen molar-refractivity contribution in [1.82, 2.24) is 4.90 Å². The SMILES string of the molecule is CCCCC1C(CCC)CC(=S)N1C. The molecule has 1 nitrogen and oxygen atoms in total. The van der Waals surface area contributed by atoms with E-state index in [9.17, 15) is 0 Å². The van der Waals surface area contributed by atoms with Gasteiger partial charge in [-0.1, -0.05) is 45.3 Å². The third-order valence-electron chi connectivity index (χ3n) is 3.38. The van der Waals surface area contributed by atoms with Crippen LogP contribution in [0, 0.1) is 5.92 Å². The quantitative estimate of drug-likeness (QED) is 0.642. The highest BCUT2D eigenvalue weighted by Crippen LogP contribution is 2.31. The Bertz CT molecular complexity index is 191. The molecule has 1 aliphatic rings. The van der Waals surface area contributed by atoms with Gasteiger partial charge in [-0.2, -0.15) is 0 Å². The molecule has 1 rings (SSSR count). The van der Waals surface area contributed by atoms with Crippen molar-refractivity contribution in [3.05, 3.63) is 0 Å². The number of hydrogen-bond acceptors (Lipinski definition) is 1. The van der Waals surface area contributed by atoms with Gasteiger partial charge in [-0.15, -0.1) is 0 Å². The van der Waals surface area contributed by atoms with E-state index in [4.69, 9.17) is 12.2 Å². The number of unbranched alkanes of at least 4 members (excludes halogenated alkanes) is 1. The molecule has 0 aromatic heterocycles. The van der Waals surface area contributed by atoms with Crippen molar-refractivity contribution in [1.29, 1.82) is 0 Å². The van der Waals surface area contributed by atoms with E-state index in [0.29, 0.717) is 0 Å². The van der Waals surface area contributed by atoms with Gasteiger partial charge in [0.2, 0.25) is 0 Å². The average molecular weight is 213 g/mol. The minimum absolute atomic E-state index is 0.738. The van der Waals surface area contributed by atoms with E-state index in [1.54, 1.807) is 0 Å². The molecule has 1 fully saturated rings. The first kappa shape index (κ1) is 12.0. The molecule has 2 heteroatoms. The molecule has 0 N–H and O–H groups in total. The monoisotopic (exact) mass is 213 g/mol. The number of hydrogen-bond donors (Lipinski definition) is 0. The van der Waals surface area contributed by atoms with Crippen LogP contribution in [0.15, 0.2) is 0 Å². The predicted molar refractivity (Wildman–Crippen MR) is 66.7 cm³/mol. The van der Waals surface area contributed by atoms with E-state index in [-0.39, 0.29) is 0 Å². The third-order valence-corrected chi connectivity index (χ3v) is 3.84. The Labute approximate surface area is 93.9 Å². The summed E-state index contributed by atoms with van der Waals surface area (Å²) in [4.78, 5) is 3.54. The first-order valence-corrected chi connectivity index (χ1v) is 6.37. The molecule has 0 spiro atoms. The Kier molecular flexibility index (Phi) is 4.86. The molecule has 2 atom stereocenters. The summed E-state index contributed by atoms with van der Waals surface area (Å²) in [6, 6.07) is 0.738. The van der Waals surface area contributed by atoms with E-state index in [1.807, 2.05) is 0 Å². The van der Waals surface area contributed by atoms with Crippen LogP contribution in [0.1, 0.15) is 52.4 Å². The second-order valence-electron chi connectivity index (χ2n) is 4.47. The largest absolute Gasteiger partial charge is 0.366 e. The van der Waals surface area contributed by atoms with E-state index >= 15 is 0 Å². The summed E-state index contributed by atoms with van der Waals surface area (Å²) >= 11 is 5.39. The van der Waals surface area contributed by atoms with Crippen molar-refractivity contribution in [3.63, 3.8) is 0 Å². The molecule has 0 radical (unpaired) electrons. The number of likely N-dealkylation sites (tertiary alicyclic amines) is 1. The van der Waals surface area contributed by atoms with E-state index in [1.165, 1.54) is 37.1 Å². The lowest BCUT2D eigenvalue weighted by Crippen LogP contribution is -2.30. The highest BCUT2D eigenvalue weighted by atomic mass is 32.1.